The molecule has 0 aliphatic carbocycles. The molecule has 1 saturated heterocycles. The molecular formula is C12H8F16O4. The molecule has 0 aromatic carbocycles. The Morgan fingerprint density at radius 1 is 0.656 bits per heavy atom. The third-order valence-electron chi connectivity index (χ3n) is 3.46. The molecule has 0 saturated carbocycles. The van der Waals surface area contributed by atoms with Crippen LogP contribution in [-0.2, 0) is 18.9 Å². The molecule has 1 aliphatic rings. The van der Waals surface area contributed by atoms with Crippen molar-refractivity contribution in [1.29, 1.82) is 0 Å². The van der Waals surface area contributed by atoms with Gasteiger partial charge in [-0.05, 0) is 0 Å². The van der Waals surface area contributed by atoms with E-state index in [4.69, 9.17) is 0 Å². The minimum absolute atomic E-state index is 1.05. The summed E-state index contributed by atoms with van der Waals surface area (Å²) in [6, 6.07) is 0. The molecule has 2 atom stereocenters. The lowest BCUT2D eigenvalue weighted by Gasteiger charge is -2.39. The Balaban J connectivity index is 2.93. The van der Waals surface area contributed by atoms with Gasteiger partial charge in [-0.15, -0.1) is 0 Å². The quantitative estimate of drug-likeness (QED) is 0.403. The molecule has 0 N–H and O–H groups in total. The lowest BCUT2D eigenvalue weighted by molar-refractivity contribution is -0.466. The first kappa shape index (κ1) is 28.8. The van der Waals surface area contributed by atoms with E-state index in [-0.39, 0.29) is 0 Å². The fraction of sp³-hybridized carbons (Fsp3) is 1.00. The zero-order chi connectivity index (χ0) is 25.6. The fourth-order valence-corrected chi connectivity index (χ4v) is 1.80. The standard InChI is InChI=1S/C12H8F16O4/c13-6(14,15)3-30-5-29-1-4(32-5)2-31-12(27,28)10(22,23)8(18,19)7(16,17)9(20,21)11(24,25)26/h4-5H,1-3H2. The number of alkyl halides is 16. The topological polar surface area (TPSA) is 36.9 Å². The molecule has 192 valence electrons. The molecule has 32 heavy (non-hydrogen) atoms. The highest BCUT2D eigenvalue weighted by Gasteiger charge is 2.91. The summed E-state index contributed by atoms with van der Waals surface area (Å²) in [6.07, 6.45) is -21.4. The van der Waals surface area contributed by atoms with Gasteiger partial charge in [0.25, 0.3) is 6.48 Å². The van der Waals surface area contributed by atoms with Crippen LogP contribution in [0.5, 0.6) is 0 Å². The monoisotopic (exact) mass is 520 g/mol. The molecule has 0 radical (unpaired) electrons. The molecule has 0 aromatic rings. The number of hydrogen-bond acceptors (Lipinski definition) is 4. The van der Waals surface area contributed by atoms with Gasteiger partial charge in [-0.1, -0.05) is 0 Å². The summed E-state index contributed by atoms with van der Waals surface area (Å²) in [6.45, 7) is -7.32. The van der Waals surface area contributed by atoms with Crippen molar-refractivity contribution >= 4 is 0 Å². The van der Waals surface area contributed by atoms with Gasteiger partial charge in [0.2, 0.25) is 0 Å². The van der Waals surface area contributed by atoms with E-state index in [9.17, 15) is 70.2 Å². The highest BCUT2D eigenvalue weighted by Crippen LogP contribution is 2.60. The Morgan fingerprint density at radius 3 is 1.56 bits per heavy atom. The Morgan fingerprint density at radius 2 is 1.12 bits per heavy atom. The van der Waals surface area contributed by atoms with Crippen molar-refractivity contribution in [2.24, 2.45) is 0 Å². The maximum atomic E-state index is 13.4. The van der Waals surface area contributed by atoms with Crippen molar-refractivity contribution in [3.8, 4) is 0 Å². The van der Waals surface area contributed by atoms with Crippen molar-refractivity contribution in [2.75, 3.05) is 19.8 Å². The Labute approximate surface area is 165 Å². The molecule has 20 heteroatoms. The van der Waals surface area contributed by atoms with Gasteiger partial charge in [0, 0.05) is 0 Å². The third-order valence-corrected chi connectivity index (χ3v) is 3.46. The van der Waals surface area contributed by atoms with Crippen LogP contribution in [-0.4, -0.2) is 74.6 Å². The van der Waals surface area contributed by atoms with E-state index in [1.807, 2.05) is 0 Å². The van der Waals surface area contributed by atoms with Crippen LogP contribution < -0.4 is 0 Å². The zero-order valence-electron chi connectivity index (χ0n) is 14.5. The second kappa shape index (κ2) is 8.49. The molecule has 1 rings (SSSR count). The minimum atomic E-state index is -8.09. The molecule has 0 spiro atoms. The van der Waals surface area contributed by atoms with Gasteiger partial charge in [0.1, 0.15) is 12.7 Å². The molecule has 1 fully saturated rings. The van der Waals surface area contributed by atoms with Crippen LogP contribution in [0.25, 0.3) is 0 Å². The second-order valence-corrected chi connectivity index (χ2v) is 5.93. The molecule has 1 heterocycles. The summed E-state index contributed by atoms with van der Waals surface area (Å²) in [5, 5.41) is 0. The van der Waals surface area contributed by atoms with Crippen molar-refractivity contribution < 1.29 is 89.2 Å². The number of halogens is 16. The zero-order valence-corrected chi connectivity index (χ0v) is 14.5. The predicted octanol–water partition coefficient (Wildman–Crippen LogP) is 4.98. The van der Waals surface area contributed by atoms with E-state index in [1.54, 1.807) is 0 Å². The Hall–Kier alpha value is -1.28. The molecular weight excluding hydrogens is 512 g/mol. The first-order chi connectivity index (χ1) is 13.9. The van der Waals surface area contributed by atoms with Crippen LogP contribution in [0.1, 0.15) is 0 Å². The summed E-state index contributed by atoms with van der Waals surface area (Å²) < 4.78 is 218. The summed E-state index contributed by atoms with van der Waals surface area (Å²) >= 11 is 0. The molecule has 4 nitrogen and oxygen atoms in total. The highest BCUT2D eigenvalue weighted by atomic mass is 19.4. The molecule has 2 unspecified atom stereocenters. The SMILES string of the molecule is FC(F)(F)COC1OCC(COC(F)(F)C(F)(F)C(F)(F)C(F)(F)C(F)(F)C(F)(F)F)O1. The second-order valence-electron chi connectivity index (χ2n) is 5.93. The first-order valence-electron chi connectivity index (χ1n) is 7.46. The van der Waals surface area contributed by atoms with Crippen LogP contribution >= 0.6 is 0 Å². The van der Waals surface area contributed by atoms with Crippen molar-refractivity contribution in [1.82, 2.24) is 0 Å². The summed E-state index contributed by atoms with van der Waals surface area (Å²) in [5.41, 5.74) is 0. The molecule has 1 aliphatic heterocycles. The average molecular weight is 520 g/mol. The maximum absolute atomic E-state index is 13.4. The summed E-state index contributed by atoms with van der Waals surface area (Å²) in [5.74, 6) is -31.7. The average Bonchev–Trinajstić information content (AvgIpc) is 3.04. The number of ether oxygens (including phenoxy) is 4. The van der Waals surface area contributed by atoms with Gasteiger partial charge in [0.05, 0.1) is 13.2 Å². The normalized spacial score (nSPS) is 22.5. The van der Waals surface area contributed by atoms with Crippen molar-refractivity contribution in [2.45, 2.75) is 54.7 Å². The number of hydrogen-bond donors (Lipinski definition) is 0. The van der Waals surface area contributed by atoms with Crippen molar-refractivity contribution in [3.05, 3.63) is 0 Å². The minimum Gasteiger partial charge on any atom is -0.327 e. The number of rotatable bonds is 9. The van der Waals surface area contributed by atoms with Gasteiger partial charge in [-0.25, -0.2) is 0 Å². The lowest BCUT2D eigenvalue weighted by Crippen LogP contribution is -2.70. The Kier molecular flexibility index (Phi) is 7.63. The van der Waals surface area contributed by atoms with Crippen LogP contribution in [0.3, 0.4) is 0 Å². The molecule has 0 bridgehead atoms. The molecule has 0 aromatic heterocycles. The van der Waals surface area contributed by atoms with Gasteiger partial charge in [-0.3, -0.25) is 0 Å². The fourth-order valence-electron chi connectivity index (χ4n) is 1.80. The van der Waals surface area contributed by atoms with Crippen LogP contribution in [0, 0.1) is 0 Å². The van der Waals surface area contributed by atoms with Crippen LogP contribution in [0.4, 0.5) is 70.2 Å². The lowest BCUT2D eigenvalue weighted by atomic mass is 9.97. The van der Waals surface area contributed by atoms with E-state index in [0.717, 1.165) is 0 Å². The highest BCUT2D eigenvalue weighted by molar-refractivity contribution is 5.08. The molecule has 0 amide bonds. The van der Waals surface area contributed by atoms with E-state index in [0.29, 0.717) is 0 Å². The van der Waals surface area contributed by atoms with Gasteiger partial charge >= 0.3 is 42.2 Å². The first-order valence-corrected chi connectivity index (χ1v) is 7.46. The largest absolute Gasteiger partial charge is 0.460 e. The van der Waals surface area contributed by atoms with E-state index in [1.165, 1.54) is 0 Å². The Bertz CT molecular complexity index is 642. The van der Waals surface area contributed by atoms with E-state index >= 15 is 0 Å². The maximum Gasteiger partial charge on any atom is 0.460 e. The van der Waals surface area contributed by atoms with E-state index in [2.05, 4.69) is 18.9 Å². The van der Waals surface area contributed by atoms with Gasteiger partial charge < -0.3 is 18.9 Å². The van der Waals surface area contributed by atoms with Gasteiger partial charge in [-0.2, -0.15) is 70.2 Å². The van der Waals surface area contributed by atoms with Gasteiger partial charge in [0.15, 0.2) is 0 Å². The van der Waals surface area contributed by atoms with E-state index < -0.39 is 74.6 Å². The van der Waals surface area contributed by atoms with Crippen LogP contribution in [0.15, 0.2) is 0 Å². The smallest absolute Gasteiger partial charge is 0.327 e. The summed E-state index contributed by atoms with van der Waals surface area (Å²) in [7, 11) is 0. The van der Waals surface area contributed by atoms with Crippen LogP contribution in [0.2, 0.25) is 0 Å². The third kappa shape index (κ3) is 5.27. The predicted molar refractivity (Wildman–Crippen MR) is 63.4 cm³/mol. The summed E-state index contributed by atoms with van der Waals surface area (Å²) in [4.78, 5) is 0. The van der Waals surface area contributed by atoms with Crippen molar-refractivity contribution in [3.63, 3.8) is 0 Å².